The summed E-state index contributed by atoms with van der Waals surface area (Å²) in [6.45, 7) is 0.655. The number of thiophene rings is 1. The number of benzene rings is 1. The van der Waals surface area contributed by atoms with Crippen LogP contribution in [0.15, 0.2) is 40.7 Å². The summed E-state index contributed by atoms with van der Waals surface area (Å²) >= 11 is 3.01. The van der Waals surface area contributed by atoms with Crippen molar-refractivity contribution in [2.45, 2.75) is 36.5 Å². The van der Waals surface area contributed by atoms with Gasteiger partial charge >= 0.3 is 0 Å². The molecule has 0 bridgehead atoms. The number of aliphatic hydroxyl groups is 2. The number of nitrogens with zero attached hydrogens (tertiary/aromatic N) is 1. The average molecular weight is 448 g/mol. The monoisotopic (exact) mass is 447 g/mol. The maximum Gasteiger partial charge on any atom is 0.231 e. The summed E-state index contributed by atoms with van der Waals surface area (Å²) in [6.07, 6.45) is -1.78. The molecule has 8 nitrogen and oxygen atoms in total. The lowest BCUT2D eigenvalue weighted by molar-refractivity contribution is -0.129. The zero-order chi connectivity index (χ0) is 20.7. The van der Waals surface area contributed by atoms with Crippen molar-refractivity contribution >= 4 is 39.9 Å². The van der Waals surface area contributed by atoms with Crippen LogP contribution in [0.1, 0.15) is 11.3 Å². The van der Waals surface area contributed by atoms with Crippen LogP contribution < -0.4 is 20.1 Å². The van der Waals surface area contributed by atoms with Gasteiger partial charge in [-0.15, -0.1) is 11.3 Å². The number of aliphatic imine (C=N–C) groups is 1. The number of amides is 1. The minimum Gasteiger partial charge on any atom is -0.454 e. The zero-order valence-corrected chi connectivity index (χ0v) is 17.5. The van der Waals surface area contributed by atoms with Crippen LogP contribution in [0, 0.1) is 5.92 Å². The Bertz CT molecular complexity index is 967. The van der Waals surface area contributed by atoms with E-state index in [1.54, 1.807) is 11.3 Å². The Balaban J connectivity index is 1.29. The first-order valence-electron chi connectivity index (χ1n) is 9.66. The highest BCUT2D eigenvalue weighted by molar-refractivity contribution is 8.15. The Morgan fingerprint density at radius 2 is 2.10 bits per heavy atom. The number of aliphatic hydroxyl groups excluding tert-OH is 2. The molecule has 4 N–H and O–H groups in total. The molecule has 1 fully saturated rings. The van der Waals surface area contributed by atoms with Crippen LogP contribution in [-0.4, -0.2) is 51.6 Å². The third kappa shape index (κ3) is 3.76. The Labute approximate surface area is 181 Å². The predicted octanol–water partition coefficient (Wildman–Crippen LogP) is 1.79. The van der Waals surface area contributed by atoms with Gasteiger partial charge in [0.05, 0.1) is 24.6 Å². The summed E-state index contributed by atoms with van der Waals surface area (Å²) < 4.78 is 10.7. The molecule has 0 unspecified atom stereocenters. The second kappa shape index (κ2) is 8.10. The number of rotatable bonds is 4. The number of fused-ring (bicyclic) bond motifs is 2. The van der Waals surface area contributed by atoms with Gasteiger partial charge < -0.3 is 30.3 Å². The Hall–Kier alpha value is -2.27. The van der Waals surface area contributed by atoms with Crippen molar-refractivity contribution in [3.63, 3.8) is 0 Å². The molecular weight excluding hydrogens is 426 g/mol. The fourth-order valence-corrected chi connectivity index (χ4v) is 5.95. The smallest absolute Gasteiger partial charge is 0.231 e. The van der Waals surface area contributed by atoms with E-state index in [4.69, 9.17) is 9.47 Å². The van der Waals surface area contributed by atoms with Gasteiger partial charge in [0.1, 0.15) is 6.10 Å². The van der Waals surface area contributed by atoms with Gasteiger partial charge in [-0.05, 0) is 30.0 Å². The molecule has 2 aliphatic heterocycles. The zero-order valence-electron chi connectivity index (χ0n) is 15.9. The summed E-state index contributed by atoms with van der Waals surface area (Å²) in [7, 11) is 0. The van der Waals surface area contributed by atoms with Gasteiger partial charge in [0.25, 0.3) is 0 Å². The number of thioether (sulfide) groups is 1. The van der Waals surface area contributed by atoms with Gasteiger partial charge in [-0.2, -0.15) is 0 Å². The molecule has 5 atom stereocenters. The third-order valence-corrected chi connectivity index (χ3v) is 7.65. The standard InChI is InChI=1S/C20H21N3O5S2/c24-13-7-12(19(26)21-8-11-2-1-5-29-11)18-16(17(13)25)23-20(30-18)22-10-3-4-14-15(6-10)28-9-27-14/h1-6,12-13,16-18,24-25H,7-9H2,(H,21,26)(H,22,23)/t12-,13+,16-,17-,18+/m0/s1. The van der Waals surface area contributed by atoms with Crippen LogP contribution in [0.25, 0.3) is 0 Å². The van der Waals surface area contributed by atoms with Crippen molar-refractivity contribution < 1.29 is 24.5 Å². The fourth-order valence-electron chi connectivity index (χ4n) is 3.92. The van der Waals surface area contributed by atoms with Gasteiger partial charge in [-0.25, -0.2) is 0 Å². The van der Waals surface area contributed by atoms with E-state index in [0.717, 1.165) is 10.6 Å². The second-order valence-electron chi connectivity index (χ2n) is 7.40. The van der Waals surface area contributed by atoms with Gasteiger partial charge in [0.2, 0.25) is 12.7 Å². The topological polar surface area (TPSA) is 112 Å². The van der Waals surface area contributed by atoms with Gasteiger partial charge in [0, 0.05) is 21.9 Å². The summed E-state index contributed by atoms with van der Waals surface area (Å²) in [5.74, 6) is 0.771. The van der Waals surface area contributed by atoms with Gasteiger partial charge in [-0.3, -0.25) is 9.79 Å². The highest BCUT2D eigenvalue weighted by atomic mass is 32.2. The van der Waals surface area contributed by atoms with Crippen LogP contribution >= 0.6 is 23.1 Å². The number of hydrogen-bond acceptors (Lipinski definition) is 9. The highest BCUT2D eigenvalue weighted by Crippen LogP contribution is 2.42. The minimum absolute atomic E-state index is 0.128. The lowest BCUT2D eigenvalue weighted by Gasteiger charge is -2.37. The molecule has 1 aliphatic carbocycles. The van der Waals surface area contributed by atoms with Crippen LogP contribution in [0.2, 0.25) is 0 Å². The number of nitrogens with one attached hydrogen (secondary N) is 2. The highest BCUT2D eigenvalue weighted by Gasteiger charge is 2.50. The average Bonchev–Trinajstić information content (AvgIpc) is 3.49. The number of ether oxygens (including phenoxy) is 2. The lowest BCUT2D eigenvalue weighted by Crippen LogP contribution is -2.53. The van der Waals surface area contributed by atoms with E-state index in [0.29, 0.717) is 23.2 Å². The molecule has 0 spiro atoms. The molecule has 0 saturated heterocycles. The molecule has 1 amide bonds. The molecule has 1 aromatic heterocycles. The minimum atomic E-state index is -1.00. The van der Waals surface area contributed by atoms with Crippen molar-refractivity contribution in [1.29, 1.82) is 0 Å². The first-order chi connectivity index (χ1) is 14.6. The summed E-state index contributed by atoms with van der Waals surface area (Å²) in [4.78, 5) is 18.5. The van der Waals surface area contributed by atoms with E-state index in [2.05, 4.69) is 15.6 Å². The van der Waals surface area contributed by atoms with E-state index >= 15 is 0 Å². The summed E-state index contributed by atoms with van der Waals surface area (Å²) in [5.41, 5.74) is 0.776. The fraction of sp³-hybridized carbons (Fsp3) is 0.400. The summed E-state index contributed by atoms with van der Waals surface area (Å²) in [5, 5.41) is 29.3. The molecule has 5 rings (SSSR count). The molecule has 10 heteroatoms. The molecule has 3 aliphatic rings. The molecule has 1 aromatic carbocycles. The van der Waals surface area contributed by atoms with Crippen molar-refractivity contribution in [3.05, 3.63) is 40.6 Å². The quantitative estimate of drug-likeness (QED) is 0.565. The maximum absolute atomic E-state index is 12.9. The van der Waals surface area contributed by atoms with Crippen molar-refractivity contribution in [2.24, 2.45) is 10.9 Å². The summed E-state index contributed by atoms with van der Waals surface area (Å²) in [6, 6.07) is 8.86. The van der Waals surface area contributed by atoms with Crippen LogP contribution in [0.3, 0.4) is 0 Å². The Morgan fingerprint density at radius 1 is 1.23 bits per heavy atom. The second-order valence-corrected chi connectivity index (χ2v) is 9.60. The van der Waals surface area contributed by atoms with Crippen LogP contribution in [0.5, 0.6) is 11.5 Å². The van der Waals surface area contributed by atoms with Crippen molar-refractivity contribution in [3.8, 4) is 11.5 Å². The van der Waals surface area contributed by atoms with Gasteiger partial charge in [-0.1, -0.05) is 17.8 Å². The van der Waals surface area contributed by atoms with Crippen LogP contribution in [0.4, 0.5) is 5.69 Å². The molecular formula is C20H21N3O5S2. The third-order valence-electron chi connectivity index (χ3n) is 5.46. The maximum atomic E-state index is 12.9. The molecule has 2 aromatic rings. The number of carbonyl (C=O) groups is 1. The van der Waals surface area contributed by atoms with E-state index < -0.39 is 24.2 Å². The Morgan fingerprint density at radius 3 is 2.93 bits per heavy atom. The predicted molar refractivity (Wildman–Crippen MR) is 115 cm³/mol. The van der Waals surface area contributed by atoms with E-state index in [9.17, 15) is 15.0 Å². The van der Waals surface area contributed by atoms with E-state index in [1.807, 2.05) is 35.7 Å². The molecule has 158 valence electrons. The number of carbonyl (C=O) groups excluding carboxylic acids is 1. The lowest BCUT2D eigenvalue weighted by atomic mass is 9.81. The molecule has 3 heterocycles. The normalized spacial score (nSPS) is 29.3. The number of anilines is 1. The molecule has 30 heavy (non-hydrogen) atoms. The largest absolute Gasteiger partial charge is 0.454 e. The van der Waals surface area contributed by atoms with Crippen LogP contribution in [-0.2, 0) is 11.3 Å². The van der Waals surface area contributed by atoms with Crippen molar-refractivity contribution in [1.82, 2.24) is 5.32 Å². The van der Waals surface area contributed by atoms with E-state index in [1.165, 1.54) is 11.8 Å². The molecule has 1 saturated carbocycles. The number of hydrogen-bond donors (Lipinski definition) is 4. The first kappa shape index (κ1) is 19.7. The number of amidine groups is 1. The Kier molecular flexibility index (Phi) is 5.32. The van der Waals surface area contributed by atoms with Crippen molar-refractivity contribution in [2.75, 3.05) is 12.1 Å². The first-order valence-corrected chi connectivity index (χ1v) is 11.4. The van der Waals surface area contributed by atoms with Gasteiger partial charge in [0.15, 0.2) is 16.7 Å². The SMILES string of the molecule is O=C(NCc1cccs1)[C@H]1C[C@@H](O)[C@H](O)[C@@H]2N=C(Nc3ccc4c(c3)OCO4)S[C@@H]21. The van der Waals surface area contributed by atoms with E-state index in [-0.39, 0.29) is 24.4 Å². The molecule has 0 radical (unpaired) electrons.